The predicted molar refractivity (Wildman–Crippen MR) is 121 cm³/mol. The van der Waals surface area contributed by atoms with Gasteiger partial charge in [-0.15, -0.1) is 0 Å². The van der Waals surface area contributed by atoms with Crippen LogP contribution in [0.5, 0.6) is 0 Å². The molecule has 158 valence electrons. The third kappa shape index (κ3) is 2.28. The second-order valence-corrected chi connectivity index (χ2v) is 10.9. The lowest BCUT2D eigenvalue weighted by Crippen LogP contribution is -2.53. The smallest absolute Gasteiger partial charge is 0.136 e. The lowest BCUT2D eigenvalue weighted by molar-refractivity contribution is -0.146. The number of nitrogens with zero attached hydrogens (tertiary/aromatic N) is 1. The molecule has 2 aliphatic heterocycles. The zero-order valence-corrected chi connectivity index (χ0v) is 18.2. The van der Waals surface area contributed by atoms with Gasteiger partial charge in [0.05, 0.1) is 11.2 Å². The van der Waals surface area contributed by atoms with Gasteiger partial charge in [-0.1, -0.05) is 31.2 Å². The molecular weight excluding hydrogens is 382 g/mol. The van der Waals surface area contributed by atoms with Crippen LogP contribution in [0.1, 0.15) is 69.8 Å². The summed E-state index contributed by atoms with van der Waals surface area (Å²) in [4.78, 5) is 16.7. The van der Waals surface area contributed by atoms with Crippen molar-refractivity contribution < 1.29 is 9.53 Å². The van der Waals surface area contributed by atoms with Crippen molar-refractivity contribution in [1.29, 1.82) is 0 Å². The highest BCUT2D eigenvalue weighted by Crippen LogP contribution is 2.69. The van der Waals surface area contributed by atoms with E-state index in [1.165, 1.54) is 40.3 Å². The minimum atomic E-state index is -0.294. The average Bonchev–Trinajstić information content (AvgIpc) is 3.28. The Labute approximate surface area is 183 Å². The highest BCUT2D eigenvalue weighted by Gasteiger charge is 2.66. The summed E-state index contributed by atoms with van der Waals surface area (Å²) in [6.07, 6.45) is 16.6. The molecule has 3 fully saturated rings. The average molecular weight is 412 g/mol. The number of ketones is 1. The van der Waals surface area contributed by atoms with Gasteiger partial charge in [-0.2, -0.15) is 0 Å². The van der Waals surface area contributed by atoms with Crippen molar-refractivity contribution >= 4 is 16.6 Å². The van der Waals surface area contributed by atoms with Gasteiger partial charge in [0.1, 0.15) is 5.78 Å². The first-order valence-corrected chi connectivity index (χ1v) is 12.0. The number of hydrogen-bond acceptors (Lipinski definition) is 3. The highest BCUT2D eigenvalue weighted by molar-refractivity contribution is 5.83. The fourth-order valence-electron chi connectivity index (χ4n) is 8.09. The highest BCUT2D eigenvalue weighted by atomic mass is 16.5. The van der Waals surface area contributed by atoms with E-state index in [0.29, 0.717) is 30.5 Å². The van der Waals surface area contributed by atoms with Crippen molar-refractivity contribution in [2.75, 3.05) is 0 Å². The zero-order valence-electron chi connectivity index (χ0n) is 18.2. The molecule has 5 atom stereocenters. The van der Waals surface area contributed by atoms with Crippen molar-refractivity contribution in [3.05, 3.63) is 65.5 Å². The molecule has 0 radical (unpaired) electrons. The van der Waals surface area contributed by atoms with Crippen molar-refractivity contribution in [3.8, 4) is 0 Å². The summed E-state index contributed by atoms with van der Waals surface area (Å²) in [5.74, 6) is 1.44. The van der Waals surface area contributed by atoms with E-state index in [9.17, 15) is 4.79 Å². The summed E-state index contributed by atoms with van der Waals surface area (Å²) in [6, 6.07) is 9.06. The van der Waals surface area contributed by atoms with E-state index in [2.05, 4.69) is 48.3 Å². The largest absolute Gasteiger partial charge is 0.359 e. The van der Waals surface area contributed by atoms with Crippen LogP contribution in [-0.2, 0) is 9.53 Å². The molecular formula is C28H29NO2. The number of ether oxygens (including phenoxy) is 1. The fraction of sp³-hybridized carbons (Fsp3) is 0.500. The Morgan fingerprint density at radius 3 is 2.97 bits per heavy atom. The summed E-state index contributed by atoms with van der Waals surface area (Å²) >= 11 is 0. The van der Waals surface area contributed by atoms with E-state index < -0.39 is 0 Å². The quantitative estimate of drug-likeness (QED) is 0.574. The van der Waals surface area contributed by atoms with Crippen molar-refractivity contribution in [3.63, 3.8) is 0 Å². The molecule has 0 amide bonds. The lowest BCUT2D eigenvalue weighted by atomic mass is 9.58. The Kier molecular flexibility index (Phi) is 3.52. The molecule has 3 heteroatoms. The molecule has 7 rings (SSSR count). The van der Waals surface area contributed by atoms with Crippen molar-refractivity contribution in [2.24, 2.45) is 11.3 Å². The SMILES string of the molecule is C[C@@]12CC=C3C=C4CCC(=O)C[C@]45CC[C@]3(O5)C1CCC2c1ccc2ccncc2c1. The number of Topliss-reactive ketones (excluding diaryl/α,β-unsaturated/α-hetero) is 1. The normalized spacial score (nSPS) is 40.7. The van der Waals surface area contributed by atoms with E-state index in [4.69, 9.17) is 4.74 Å². The molecule has 0 N–H and O–H groups in total. The lowest BCUT2D eigenvalue weighted by Gasteiger charge is -2.53. The first kappa shape index (κ1) is 18.3. The topological polar surface area (TPSA) is 39.2 Å². The van der Waals surface area contributed by atoms with Crippen LogP contribution in [-0.4, -0.2) is 22.0 Å². The van der Waals surface area contributed by atoms with Crippen LogP contribution in [0.4, 0.5) is 0 Å². The number of carbonyl (C=O) groups excluding carboxylic acids is 1. The maximum absolute atomic E-state index is 12.4. The number of hydrogen-bond donors (Lipinski definition) is 0. The van der Waals surface area contributed by atoms with Crippen LogP contribution < -0.4 is 0 Å². The molecule has 5 aliphatic rings. The van der Waals surface area contributed by atoms with Gasteiger partial charge in [-0.05, 0) is 90.0 Å². The Morgan fingerprint density at radius 1 is 1.10 bits per heavy atom. The van der Waals surface area contributed by atoms with Crippen LogP contribution in [0.3, 0.4) is 0 Å². The molecule has 3 aliphatic carbocycles. The van der Waals surface area contributed by atoms with Crippen molar-refractivity contribution in [2.45, 2.75) is 75.4 Å². The molecule has 2 bridgehead atoms. The van der Waals surface area contributed by atoms with Crippen LogP contribution >= 0.6 is 0 Å². The zero-order chi connectivity index (χ0) is 20.8. The van der Waals surface area contributed by atoms with Gasteiger partial charge in [0.2, 0.25) is 0 Å². The minimum absolute atomic E-state index is 0.179. The fourth-order valence-corrected chi connectivity index (χ4v) is 8.09. The molecule has 1 aromatic carbocycles. The van der Waals surface area contributed by atoms with Gasteiger partial charge in [0.15, 0.2) is 0 Å². The molecule has 2 saturated carbocycles. The van der Waals surface area contributed by atoms with E-state index in [1.54, 1.807) is 0 Å². The number of benzene rings is 1. The Balaban J connectivity index is 1.31. The maximum Gasteiger partial charge on any atom is 0.136 e. The molecule has 3 heterocycles. The van der Waals surface area contributed by atoms with Crippen LogP contribution in [0.25, 0.3) is 10.8 Å². The van der Waals surface area contributed by atoms with Crippen LogP contribution in [0.15, 0.2) is 60.0 Å². The van der Waals surface area contributed by atoms with Gasteiger partial charge in [0.25, 0.3) is 0 Å². The first-order chi connectivity index (χ1) is 15.0. The molecule has 31 heavy (non-hydrogen) atoms. The van der Waals surface area contributed by atoms with E-state index in [-0.39, 0.29) is 16.6 Å². The van der Waals surface area contributed by atoms with Gasteiger partial charge < -0.3 is 4.74 Å². The second kappa shape index (κ2) is 5.95. The predicted octanol–water partition coefficient (Wildman–Crippen LogP) is 6.05. The summed E-state index contributed by atoms with van der Waals surface area (Å²) in [5.41, 5.74) is 3.99. The van der Waals surface area contributed by atoms with E-state index in [1.807, 2.05) is 12.4 Å². The molecule has 2 aromatic rings. The van der Waals surface area contributed by atoms with Crippen LogP contribution in [0, 0.1) is 11.3 Å². The first-order valence-electron chi connectivity index (χ1n) is 12.0. The second-order valence-electron chi connectivity index (χ2n) is 10.9. The van der Waals surface area contributed by atoms with E-state index in [0.717, 1.165) is 25.7 Å². The summed E-state index contributed by atoms with van der Waals surface area (Å²) < 4.78 is 7.12. The number of aromatic nitrogens is 1. The summed E-state index contributed by atoms with van der Waals surface area (Å²) in [6.45, 7) is 2.50. The third-order valence-corrected chi connectivity index (χ3v) is 9.57. The molecule has 3 nitrogen and oxygen atoms in total. The van der Waals surface area contributed by atoms with E-state index >= 15 is 0 Å². The third-order valence-electron chi connectivity index (χ3n) is 9.57. The number of rotatable bonds is 1. The minimum Gasteiger partial charge on any atom is -0.359 e. The monoisotopic (exact) mass is 411 g/mol. The molecule has 1 aromatic heterocycles. The van der Waals surface area contributed by atoms with Crippen molar-refractivity contribution in [1.82, 2.24) is 4.98 Å². The van der Waals surface area contributed by atoms with Gasteiger partial charge in [-0.25, -0.2) is 0 Å². The molecule has 2 unspecified atom stereocenters. The van der Waals surface area contributed by atoms with Gasteiger partial charge in [-0.3, -0.25) is 9.78 Å². The molecule has 1 saturated heterocycles. The number of carbonyl (C=O) groups is 1. The van der Waals surface area contributed by atoms with Gasteiger partial charge in [0, 0.05) is 30.6 Å². The molecule has 2 spiro atoms. The Bertz CT molecular complexity index is 1190. The Hall–Kier alpha value is -2.26. The van der Waals surface area contributed by atoms with Gasteiger partial charge >= 0.3 is 0 Å². The standard InChI is InChI=1S/C28H29NO2/c1-26-10-8-22-15-21-4-5-23(30)16-27(21)11-12-28(22,31-27)25(26)7-6-24(26)19-3-2-18-9-13-29-17-20(18)14-19/h2-3,8-9,13-15,17,24-25H,4-7,10-12,16H2,1H3/t24?,25?,26-,27+,28+/m0/s1. The van der Waals surface area contributed by atoms with Crippen LogP contribution in [0.2, 0.25) is 0 Å². The number of pyridine rings is 1. The summed E-state index contributed by atoms with van der Waals surface area (Å²) in [7, 11) is 0. The number of fused-ring (bicyclic) bond motifs is 2. The maximum atomic E-state index is 12.4. The number of allylic oxidation sites excluding steroid dienone is 1. The summed E-state index contributed by atoms with van der Waals surface area (Å²) in [5, 5.41) is 2.50. The Morgan fingerprint density at radius 2 is 2.03 bits per heavy atom.